The number of hydrogen-bond acceptors (Lipinski definition) is 2. The quantitative estimate of drug-likeness (QED) is 0.424. The molecule has 0 aromatic heterocycles. The van der Waals surface area contributed by atoms with Crippen LogP contribution in [0.25, 0.3) is 0 Å². The van der Waals surface area contributed by atoms with Gasteiger partial charge in [0.15, 0.2) is 0 Å². The van der Waals surface area contributed by atoms with Gasteiger partial charge in [-0.1, -0.05) is 29.3 Å². The van der Waals surface area contributed by atoms with Crippen LogP contribution in [0.4, 0.5) is 0 Å². The molecule has 0 spiro atoms. The van der Waals surface area contributed by atoms with Crippen molar-refractivity contribution in [1.29, 1.82) is 0 Å². The van der Waals surface area contributed by atoms with Crippen molar-refractivity contribution in [2.75, 3.05) is 6.54 Å². The second kappa shape index (κ2) is 4.62. The van der Waals surface area contributed by atoms with E-state index in [0.717, 1.165) is 11.3 Å². The third kappa shape index (κ3) is 1.99. The fourth-order valence-electron chi connectivity index (χ4n) is 1.11. The summed E-state index contributed by atoms with van der Waals surface area (Å²) in [4.78, 5) is 23.7. The van der Waals surface area contributed by atoms with Gasteiger partial charge >= 0.3 is 0 Å². The Morgan fingerprint density at radius 2 is 1.71 bits per heavy atom. The Labute approximate surface area is 92.0 Å². The molecule has 0 aromatic rings. The third-order valence-corrected chi connectivity index (χ3v) is 2.65. The summed E-state index contributed by atoms with van der Waals surface area (Å²) in [5.41, 5.74) is 0. The van der Waals surface area contributed by atoms with Crippen LogP contribution in [0.1, 0.15) is 12.8 Å². The van der Waals surface area contributed by atoms with E-state index in [2.05, 4.69) is 6.58 Å². The molecule has 0 fully saturated rings. The van der Waals surface area contributed by atoms with Crippen molar-refractivity contribution in [3.05, 3.63) is 22.7 Å². The highest BCUT2D eigenvalue weighted by Gasteiger charge is 2.35. The minimum absolute atomic E-state index is 0.185. The average molecular weight is 234 g/mol. The summed E-state index contributed by atoms with van der Waals surface area (Å²) in [6.07, 6.45) is 3.14. The SMILES string of the molecule is C=CCCCN1C(=O)C(Cl)=C(Cl)C1=O. The fourth-order valence-corrected chi connectivity index (χ4v) is 1.48. The Hall–Kier alpha value is -0.800. The van der Waals surface area contributed by atoms with E-state index in [9.17, 15) is 9.59 Å². The van der Waals surface area contributed by atoms with Gasteiger partial charge in [-0.25, -0.2) is 0 Å². The number of hydrogen-bond donors (Lipinski definition) is 0. The van der Waals surface area contributed by atoms with Crippen LogP contribution >= 0.6 is 23.2 Å². The molecule has 0 aliphatic carbocycles. The summed E-state index contributed by atoms with van der Waals surface area (Å²) >= 11 is 11.1. The predicted octanol–water partition coefficient (Wildman–Crippen LogP) is 2.01. The molecule has 1 rings (SSSR count). The van der Waals surface area contributed by atoms with Gasteiger partial charge in [-0.15, -0.1) is 6.58 Å². The Kier molecular flexibility index (Phi) is 3.72. The van der Waals surface area contributed by atoms with E-state index in [0.29, 0.717) is 13.0 Å². The zero-order chi connectivity index (χ0) is 10.7. The van der Waals surface area contributed by atoms with E-state index in [-0.39, 0.29) is 10.1 Å². The van der Waals surface area contributed by atoms with Crippen LogP contribution in [-0.2, 0) is 9.59 Å². The molecule has 0 saturated heterocycles. The maximum atomic E-state index is 11.3. The smallest absolute Gasteiger partial charge is 0.273 e. The van der Waals surface area contributed by atoms with Gasteiger partial charge in [-0.05, 0) is 12.8 Å². The molecular weight excluding hydrogens is 225 g/mol. The number of halogens is 2. The average Bonchev–Trinajstić information content (AvgIpc) is 2.35. The Balaban J connectivity index is 2.62. The Morgan fingerprint density at radius 1 is 1.21 bits per heavy atom. The Bertz CT molecular complexity index is 299. The van der Waals surface area contributed by atoms with E-state index >= 15 is 0 Å². The van der Waals surface area contributed by atoms with Crippen molar-refractivity contribution in [3.8, 4) is 0 Å². The van der Waals surface area contributed by atoms with Crippen LogP contribution in [0, 0.1) is 0 Å². The van der Waals surface area contributed by atoms with E-state index in [4.69, 9.17) is 23.2 Å². The van der Waals surface area contributed by atoms with Crippen molar-refractivity contribution in [2.24, 2.45) is 0 Å². The molecule has 0 radical (unpaired) electrons. The molecule has 0 aromatic carbocycles. The number of allylic oxidation sites excluding steroid dienone is 1. The summed E-state index contributed by atoms with van der Waals surface area (Å²) in [5, 5.41) is -0.370. The van der Waals surface area contributed by atoms with Crippen molar-refractivity contribution in [2.45, 2.75) is 12.8 Å². The van der Waals surface area contributed by atoms with Crippen molar-refractivity contribution in [3.63, 3.8) is 0 Å². The standard InChI is InChI=1S/C9H9Cl2NO2/c1-2-3-4-5-12-8(13)6(10)7(11)9(12)14/h2H,1,3-5H2. The first-order valence-electron chi connectivity index (χ1n) is 4.12. The first kappa shape index (κ1) is 11.3. The second-order valence-corrected chi connectivity index (χ2v) is 3.58. The number of rotatable bonds is 4. The molecule has 1 heterocycles. The van der Waals surface area contributed by atoms with Crippen LogP contribution in [-0.4, -0.2) is 23.3 Å². The molecule has 14 heavy (non-hydrogen) atoms. The highest BCUT2D eigenvalue weighted by molar-refractivity contribution is 6.58. The topological polar surface area (TPSA) is 37.4 Å². The van der Waals surface area contributed by atoms with E-state index in [1.54, 1.807) is 6.08 Å². The molecule has 0 bridgehead atoms. The number of carbonyl (C=O) groups is 2. The zero-order valence-electron chi connectivity index (χ0n) is 7.43. The first-order valence-corrected chi connectivity index (χ1v) is 4.87. The van der Waals surface area contributed by atoms with Crippen LogP contribution in [0.3, 0.4) is 0 Å². The molecule has 76 valence electrons. The summed E-state index contributed by atoms with van der Waals surface area (Å²) in [6.45, 7) is 3.87. The van der Waals surface area contributed by atoms with Crippen molar-refractivity contribution < 1.29 is 9.59 Å². The van der Waals surface area contributed by atoms with Gasteiger partial charge in [-0.2, -0.15) is 0 Å². The van der Waals surface area contributed by atoms with Gasteiger partial charge in [0.1, 0.15) is 10.1 Å². The lowest BCUT2D eigenvalue weighted by Crippen LogP contribution is -2.32. The highest BCUT2D eigenvalue weighted by atomic mass is 35.5. The number of unbranched alkanes of at least 4 members (excludes halogenated alkanes) is 1. The van der Waals surface area contributed by atoms with Gasteiger partial charge in [0, 0.05) is 6.54 Å². The summed E-state index contributed by atoms with van der Waals surface area (Å²) in [7, 11) is 0. The minimum Gasteiger partial charge on any atom is -0.273 e. The maximum absolute atomic E-state index is 11.3. The maximum Gasteiger partial charge on any atom is 0.274 e. The molecule has 0 unspecified atom stereocenters. The minimum atomic E-state index is -0.509. The summed E-state index contributed by atoms with van der Waals surface area (Å²) < 4.78 is 0. The van der Waals surface area contributed by atoms with Crippen LogP contribution in [0.2, 0.25) is 0 Å². The molecule has 3 nitrogen and oxygen atoms in total. The first-order chi connectivity index (χ1) is 6.59. The normalized spacial score (nSPS) is 16.9. The van der Waals surface area contributed by atoms with Gasteiger partial charge in [0.2, 0.25) is 0 Å². The monoisotopic (exact) mass is 233 g/mol. The van der Waals surface area contributed by atoms with Crippen LogP contribution in [0.15, 0.2) is 22.7 Å². The lowest BCUT2D eigenvalue weighted by atomic mass is 10.3. The summed E-state index contributed by atoms with van der Waals surface area (Å²) in [6, 6.07) is 0. The molecule has 5 heteroatoms. The highest BCUT2D eigenvalue weighted by Crippen LogP contribution is 2.26. The van der Waals surface area contributed by atoms with Gasteiger partial charge in [0.25, 0.3) is 11.8 Å². The van der Waals surface area contributed by atoms with Crippen molar-refractivity contribution >= 4 is 35.0 Å². The molecule has 2 amide bonds. The third-order valence-electron chi connectivity index (χ3n) is 1.85. The van der Waals surface area contributed by atoms with E-state index in [1.165, 1.54) is 0 Å². The number of amides is 2. The number of imide groups is 1. The molecule has 0 atom stereocenters. The molecule has 0 saturated carbocycles. The van der Waals surface area contributed by atoms with Crippen molar-refractivity contribution in [1.82, 2.24) is 4.90 Å². The predicted molar refractivity (Wildman–Crippen MR) is 54.9 cm³/mol. The number of nitrogens with zero attached hydrogens (tertiary/aromatic N) is 1. The van der Waals surface area contributed by atoms with Crippen LogP contribution in [0.5, 0.6) is 0 Å². The number of carbonyl (C=O) groups excluding carboxylic acids is 2. The second-order valence-electron chi connectivity index (χ2n) is 2.82. The fraction of sp³-hybridized carbons (Fsp3) is 0.333. The zero-order valence-corrected chi connectivity index (χ0v) is 8.94. The van der Waals surface area contributed by atoms with Gasteiger partial charge in [-0.3, -0.25) is 14.5 Å². The molecule has 0 N–H and O–H groups in total. The molecule has 1 aliphatic heterocycles. The molecule has 1 aliphatic rings. The lowest BCUT2D eigenvalue weighted by Gasteiger charge is -2.12. The van der Waals surface area contributed by atoms with Gasteiger partial charge in [0.05, 0.1) is 0 Å². The Morgan fingerprint density at radius 3 is 2.14 bits per heavy atom. The largest absolute Gasteiger partial charge is 0.274 e. The molecular formula is C9H9Cl2NO2. The summed E-state index contributed by atoms with van der Waals surface area (Å²) in [5.74, 6) is -1.02. The van der Waals surface area contributed by atoms with E-state index < -0.39 is 11.8 Å². The van der Waals surface area contributed by atoms with Crippen LogP contribution < -0.4 is 0 Å². The lowest BCUT2D eigenvalue weighted by molar-refractivity contribution is -0.137. The van der Waals surface area contributed by atoms with Gasteiger partial charge < -0.3 is 0 Å². The van der Waals surface area contributed by atoms with E-state index in [1.807, 2.05) is 0 Å².